The Morgan fingerprint density at radius 3 is 2.27 bits per heavy atom. The Bertz CT molecular complexity index is 995. The average Bonchev–Trinajstić information content (AvgIpc) is 3.04. The van der Waals surface area contributed by atoms with Crippen molar-refractivity contribution in [2.75, 3.05) is 7.05 Å². The lowest BCUT2D eigenvalue weighted by Gasteiger charge is -2.22. The molecule has 0 radical (unpaired) electrons. The van der Waals surface area contributed by atoms with Crippen LogP contribution in [-0.2, 0) is 16.2 Å². The third-order valence-corrected chi connectivity index (χ3v) is 7.22. The highest BCUT2D eigenvalue weighted by molar-refractivity contribution is 7.89. The predicted octanol–water partition coefficient (Wildman–Crippen LogP) is 4.70. The van der Waals surface area contributed by atoms with E-state index in [0.717, 1.165) is 38.8 Å². The van der Waals surface area contributed by atoms with Gasteiger partial charge in [0.25, 0.3) is 0 Å². The lowest BCUT2D eigenvalue weighted by molar-refractivity contribution is -0.137. The molecule has 9 heteroatoms. The van der Waals surface area contributed by atoms with Crippen molar-refractivity contribution in [3.8, 4) is 0 Å². The van der Waals surface area contributed by atoms with Gasteiger partial charge in [-0.1, -0.05) is 12.1 Å². The molecule has 0 aliphatic heterocycles. The van der Waals surface area contributed by atoms with Crippen molar-refractivity contribution < 1.29 is 21.6 Å². The van der Waals surface area contributed by atoms with Gasteiger partial charge in [-0.25, -0.2) is 13.4 Å². The maximum atomic E-state index is 12.7. The number of nitrogens with zero attached hydrogens (tertiary/aromatic N) is 2. The molecule has 26 heavy (non-hydrogen) atoms. The molecule has 2 aromatic carbocycles. The fourth-order valence-electron chi connectivity index (χ4n) is 2.41. The van der Waals surface area contributed by atoms with Gasteiger partial charge in [0, 0.05) is 7.05 Å². The topological polar surface area (TPSA) is 50.3 Å². The monoisotopic (exact) mass is 400 g/mol. The first kappa shape index (κ1) is 18.8. The lowest BCUT2D eigenvalue weighted by Crippen LogP contribution is -2.29. The molecular weight excluding hydrogens is 385 g/mol. The summed E-state index contributed by atoms with van der Waals surface area (Å²) in [6.07, 6.45) is -4.51. The molecule has 0 aliphatic carbocycles. The zero-order valence-corrected chi connectivity index (χ0v) is 15.5. The average molecular weight is 400 g/mol. The van der Waals surface area contributed by atoms with Gasteiger partial charge in [0.1, 0.15) is 5.01 Å². The molecule has 138 valence electrons. The predicted molar refractivity (Wildman–Crippen MR) is 94.4 cm³/mol. The third kappa shape index (κ3) is 3.46. The van der Waals surface area contributed by atoms with Gasteiger partial charge in [-0.05, 0) is 43.3 Å². The summed E-state index contributed by atoms with van der Waals surface area (Å²) in [5.74, 6) is 0. The second-order valence-corrected chi connectivity index (χ2v) is 8.80. The molecule has 1 atom stereocenters. The van der Waals surface area contributed by atoms with E-state index >= 15 is 0 Å². The van der Waals surface area contributed by atoms with Crippen molar-refractivity contribution in [3.63, 3.8) is 0 Å². The molecule has 0 unspecified atom stereocenters. The number of para-hydroxylation sites is 1. The number of alkyl halides is 3. The maximum absolute atomic E-state index is 12.7. The van der Waals surface area contributed by atoms with Crippen molar-refractivity contribution in [1.29, 1.82) is 0 Å². The molecule has 0 spiro atoms. The first-order chi connectivity index (χ1) is 12.1. The molecule has 1 heterocycles. The van der Waals surface area contributed by atoms with Crippen molar-refractivity contribution in [3.05, 3.63) is 59.1 Å². The van der Waals surface area contributed by atoms with E-state index in [9.17, 15) is 21.6 Å². The van der Waals surface area contributed by atoms with Crippen LogP contribution in [0.5, 0.6) is 0 Å². The summed E-state index contributed by atoms with van der Waals surface area (Å²) >= 11 is 1.38. The number of halogens is 3. The highest BCUT2D eigenvalue weighted by Crippen LogP contribution is 2.33. The largest absolute Gasteiger partial charge is 0.416 e. The van der Waals surface area contributed by atoms with E-state index in [1.807, 2.05) is 24.3 Å². The lowest BCUT2D eigenvalue weighted by atomic mass is 10.2. The quantitative estimate of drug-likeness (QED) is 0.638. The van der Waals surface area contributed by atoms with E-state index in [4.69, 9.17) is 0 Å². The van der Waals surface area contributed by atoms with Crippen LogP contribution in [-0.4, -0.2) is 24.8 Å². The van der Waals surface area contributed by atoms with E-state index in [-0.39, 0.29) is 4.90 Å². The van der Waals surface area contributed by atoms with Crippen molar-refractivity contribution in [2.24, 2.45) is 0 Å². The van der Waals surface area contributed by atoms with Gasteiger partial charge in [-0.3, -0.25) is 0 Å². The van der Waals surface area contributed by atoms with Crippen LogP contribution in [0, 0.1) is 0 Å². The molecule has 0 N–H and O–H groups in total. The molecule has 0 aliphatic rings. The minimum atomic E-state index is -4.51. The molecular formula is C17H15F3N2O2S2. The van der Waals surface area contributed by atoms with Gasteiger partial charge in [-0.15, -0.1) is 11.3 Å². The minimum Gasteiger partial charge on any atom is -0.239 e. The van der Waals surface area contributed by atoms with Gasteiger partial charge in [0.2, 0.25) is 10.0 Å². The molecule has 0 amide bonds. The zero-order valence-electron chi connectivity index (χ0n) is 13.9. The molecule has 0 saturated carbocycles. The Balaban J connectivity index is 1.90. The van der Waals surface area contributed by atoms with Gasteiger partial charge in [0.15, 0.2) is 0 Å². The van der Waals surface area contributed by atoms with Crippen LogP contribution in [0.25, 0.3) is 10.2 Å². The van der Waals surface area contributed by atoms with E-state index in [1.165, 1.54) is 18.4 Å². The van der Waals surface area contributed by atoms with E-state index in [2.05, 4.69) is 4.98 Å². The Hall–Kier alpha value is -1.97. The minimum absolute atomic E-state index is 0.194. The number of fused-ring (bicyclic) bond motifs is 1. The molecule has 4 nitrogen and oxygen atoms in total. The number of hydrogen-bond donors (Lipinski definition) is 0. The Labute approximate surface area is 153 Å². The number of sulfonamides is 1. The number of benzene rings is 2. The standard InChI is InChI=1S/C17H15F3N2O2S2/c1-11(16-21-14-5-3-4-6-15(14)25-16)22(2)26(23,24)13-9-7-12(8-10-13)17(18,19)20/h3-11H,1-2H3/t11-/m0/s1. The first-order valence-corrected chi connectivity index (χ1v) is 9.87. The fraction of sp³-hybridized carbons (Fsp3) is 0.235. The Morgan fingerprint density at radius 2 is 1.69 bits per heavy atom. The fourth-order valence-corrected chi connectivity index (χ4v) is 4.87. The zero-order chi connectivity index (χ0) is 19.1. The van der Waals surface area contributed by atoms with Crippen LogP contribution in [0.1, 0.15) is 23.5 Å². The number of rotatable bonds is 4. The van der Waals surface area contributed by atoms with Crippen LogP contribution in [0.3, 0.4) is 0 Å². The van der Waals surface area contributed by atoms with Crippen LogP contribution in [0.15, 0.2) is 53.4 Å². The Morgan fingerprint density at radius 1 is 1.08 bits per heavy atom. The highest BCUT2D eigenvalue weighted by atomic mass is 32.2. The summed E-state index contributed by atoms with van der Waals surface area (Å²) in [5.41, 5.74) is -0.113. The SMILES string of the molecule is C[C@@H](c1nc2ccccc2s1)N(C)S(=O)(=O)c1ccc(C(F)(F)F)cc1. The molecule has 3 aromatic rings. The van der Waals surface area contributed by atoms with Crippen molar-refractivity contribution >= 4 is 31.6 Å². The third-order valence-electron chi connectivity index (χ3n) is 4.07. The van der Waals surface area contributed by atoms with Crippen molar-refractivity contribution in [1.82, 2.24) is 9.29 Å². The van der Waals surface area contributed by atoms with Crippen LogP contribution in [0.4, 0.5) is 13.2 Å². The van der Waals surface area contributed by atoms with Crippen molar-refractivity contribution in [2.45, 2.75) is 24.0 Å². The summed E-state index contributed by atoms with van der Waals surface area (Å²) in [6.45, 7) is 1.69. The van der Waals surface area contributed by atoms with Gasteiger partial charge >= 0.3 is 6.18 Å². The molecule has 1 aromatic heterocycles. The van der Waals surface area contributed by atoms with Gasteiger partial charge < -0.3 is 0 Å². The summed E-state index contributed by atoms with van der Waals surface area (Å²) < 4.78 is 65.5. The maximum Gasteiger partial charge on any atom is 0.416 e. The Kier molecular flexibility index (Phi) is 4.80. The van der Waals surface area contributed by atoms with Crippen LogP contribution in [0.2, 0.25) is 0 Å². The number of aromatic nitrogens is 1. The summed E-state index contributed by atoms with van der Waals surface area (Å²) in [5, 5.41) is 0.615. The van der Waals surface area contributed by atoms with Gasteiger partial charge in [0.05, 0.1) is 26.7 Å². The van der Waals surface area contributed by atoms with E-state index in [0.29, 0.717) is 5.01 Å². The summed E-state index contributed by atoms with van der Waals surface area (Å²) in [6, 6.07) is 10.4. The second kappa shape index (κ2) is 6.64. The highest BCUT2D eigenvalue weighted by Gasteiger charge is 2.32. The molecule has 0 bridgehead atoms. The van der Waals surface area contributed by atoms with Crippen LogP contribution < -0.4 is 0 Å². The van der Waals surface area contributed by atoms with E-state index in [1.54, 1.807) is 6.92 Å². The smallest absolute Gasteiger partial charge is 0.239 e. The van der Waals surface area contributed by atoms with Crippen LogP contribution >= 0.6 is 11.3 Å². The van der Waals surface area contributed by atoms with E-state index < -0.39 is 27.8 Å². The first-order valence-electron chi connectivity index (χ1n) is 7.61. The van der Waals surface area contributed by atoms with Gasteiger partial charge in [-0.2, -0.15) is 17.5 Å². The molecule has 3 rings (SSSR count). The normalized spacial score (nSPS) is 14.1. The molecule has 0 saturated heterocycles. The molecule has 0 fully saturated rings. The summed E-state index contributed by atoms with van der Waals surface area (Å²) in [7, 11) is -2.56. The second-order valence-electron chi connectivity index (χ2n) is 5.74. The summed E-state index contributed by atoms with van der Waals surface area (Å²) in [4.78, 5) is 4.26. The number of hydrogen-bond acceptors (Lipinski definition) is 4. The number of thiazole rings is 1.